The number of carbonyl (C=O) groups is 1. The molecule has 2 aromatic rings. The number of hydrogen-bond acceptors (Lipinski definition) is 5. The Balaban J connectivity index is 1.90. The maximum atomic E-state index is 12.2. The highest BCUT2D eigenvalue weighted by molar-refractivity contribution is 6.00. The van der Waals surface area contributed by atoms with Crippen LogP contribution in [0.4, 0.5) is 5.82 Å². The number of amides is 1. The molecule has 0 unspecified atom stereocenters. The van der Waals surface area contributed by atoms with Crippen molar-refractivity contribution in [3.05, 3.63) is 47.7 Å². The van der Waals surface area contributed by atoms with E-state index in [1.807, 2.05) is 32.0 Å². The van der Waals surface area contributed by atoms with Gasteiger partial charge in [0.2, 0.25) is 0 Å². The predicted molar refractivity (Wildman–Crippen MR) is 86.8 cm³/mol. The molecular weight excluding hydrogens is 294 g/mol. The minimum Gasteiger partial charge on any atom is -0.490 e. The van der Waals surface area contributed by atoms with Gasteiger partial charge in [0, 0.05) is 6.20 Å². The van der Waals surface area contributed by atoms with Crippen molar-refractivity contribution in [2.45, 2.75) is 20.0 Å². The fourth-order valence-electron chi connectivity index (χ4n) is 2.50. The summed E-state index contributed by atoms with van der Waals surface area (Å²) in [6, 6.07) is 9.11. The van der Waals surface area contributed by atoms with E-state index in [1.54, 1.807) is 18.3 Å². The van der Waals surface area contributed by atoms with E-state index in [9.17, 15) is 4.79 Å². The summed E-state index contributed by atoms with van der Waals surface area (Å²) in [6.07, 6.45) is 1.30. The van der Waals surface area contributed by atoms with Gasteiger partial charge in [-0.1, -0.05) is 6.07 Å². The number of benzene rings is 1. The zero-order valence-corrected chi connectivity index (χ0v) is 13.1. The highest BCUT2D eigenvalue weighted by atomic mass is 16.5. The number of carbonyl (C=O) groups excluding carboxylic acids is 1. The molecule has 0 fully saturated rings. The van der Waals surface area contributed by atoms with Crippen LogP contribution in [0.5, 0.6) is 11.5 Å². The van der Waals surface area contributed by atoms with Crippen LogP contribution < -0.4 is 20.1 Å². The normalized spacial score (nSPS) is 16.1. The van der Waals surface area contributed by atoms with E-state index in [4.69, 9.17) is 9.47 Å². The summed E-state index contributed by atoms with van der Waals surface area (Å²) in [6.45, 7) is 4.95. The molecule has 0 bridgehead atoms. The van der Waals surface area contributed by atoms with Crippen LogP contribution in [0, 0.1) is 0 Å². The molecule has 6 nitrogen and oxygen atoms in total. The molecule has 3 rings (SSSR count). The molecule has 0 aliphatic carbocycles. The van der Waals surface area contributed by atoms with Gasteiger partial charge in [0.1, 0.15) is 12.0 Å². The van der Waals surface area contributed by atoms with E-state index < -0.39 is 0 Å². The molecule has 1 aliphatic rings. The van der Waals surface area contributed by atoms with E-state index in [1.165, 1.54) is 0 Å². The van der Waals surface area contributed by atoms with Crippen LogP contribution >= 0.6 is 0 Å². The lowest BCUT2D eigenvalue weighted by molar-refractivity contribution is 0.0935. The average molecular weight is 313 g/mol. The summed E-state index contributed by atoms with van der Waals surface area (Å²) in [4.78, 5) is 16.4. The minimum absolute atomic E-state index is 0.149. The zero-order valence-electron chi connectivity index (χ0n) is 13.1. The van der Waals surface area contributed by atoms with Crippen LogP contribution in [0.3, 0.4) is 0 Å². The van der Waals surface area contributed by atoms with Gasteiger partial charge in [-0.15, -0.1) is 0 Å². The summed E-state index contributed by atoms with van der Waals surface area (Å²) in [5, 5.41) is 6.15. The number of nitrogens with zero attached hydrogens (tertiary/aromatic N) is 1. The maximum Gasteiger partial charge on any atom is 0.256 e. The molecule has 2 heterocycles. The third-order valence-electron chi connectivity index (χ3n) is 3.51. The van der Waals surface area contributed by atoms with Crippen molar-refractivity contribution < 1.29 is 14.3 Å². The molecule has 1 amide bonds. The van der Waals surface area contributed by atoms with Gasteiger partial charge in [-0.3, -0.25) is 4.79 Å². The van der Waals surface area contributed by atoms with Crippen LogP contribution in [0.15, 0.2) is 36.5 Å². The van der Waals surface area contributed by atoms with Crippen molar-refractivity contribution in [2.24, 2.45) is 0 Å². The first-order chi connectivity index (χ1) is 11.2. The molecule has 0 spiro atoms. The van der Waals surface area contributed by atoms with Crippen LogP contribution in [-0.4, -0.2) is 24.1 Å². The van der Waals surface area contributed by atoms with Crippen molar-refractivity contribution in [1.29, 1.82) is 0 Å². The first kappa shape index (κ1) is 15.1. The van der Waals surface area contributed by atoms with Gasteiger partial charge in [0.05, 0.1) is 18.8 Å². The monoisotopic (exact) mass is 313 g/mol. The van der Waals surface area contributed by atoms with Crippen LogP contribution in [-0.2, 0) is 0 Å². The molecule has 23 heavy (non-hydrogen) atoms. The Morgan fingerprint density at radius 3 is 2.65 bits per heavy atom. The number of nitrogens with one attached hydrogen (secondary N) is 2. The number of anilines is 1. The highest BCUT2D eigenvalue weighted by Gasteiger charge is 2.25. The lowest BCUT2D eigenvalue weighted by Gasteiger charge is -2.27. The Morgan fingerprint density at radius 1 is 1.09 bits per heavy atom. The largest absolute Gasteiger partial charge is 0.490 e. The Bertz CT molecular complexity index is 718. The van der Waals surface area contributed by atoms with Gasteiger partial charge >= 0.3 is 0 Å². The molecule has 1 aromatic heterocycles. The fraction of sp³-hybridized carbons (Fsp3) is 0.294. The van der Waals surface area contributed by atoms with Gasteiger partial charge in [-0.25, -0.2) is 4.98 Å². The molecular formula is C17H19N3O3. The van der Waals surface area contributed by atoms with Crippen molar-refractivity contribution in [3.63, 3.8) is 0 Å². The number of hydrogen-bond donors (Lipinski definition) is 2. The van der Waals surface area contributed by atoms with Gasteiger partial charge in [-0.2, -0.15) is 0 Å². The third kappa shape index (κ3) is 3.06. The lowest BCUT2D eigenvalue weighted by atomic mass is 10.1. The second kappa shape index (κ2) is 6.56. The van der Waals surface area contributed by atoms with Gasteiger partial charge < -0.3 is 20.1 Å². The first-order valence-electron chi connectivity index (χ1n) is 7.65. The summed E-state index contributed by atoms with van der Waals surface area (Å²) < 4.78 is 11.2. The number of fused-ring (bicyclic) bond motifs is 1. The maximum absolute atomic E-state index is 12.2. The van der Waals surface area contributed by atoms with Gasteiger partial charge in [0.25, 0.3) is 5.91 Å². The number of ether oxygens (including phenoxy) is 2. The molecule has 1 aromatic carbocycles. The third-order valence-corrected chi connectivity index (χ3v) is 3.51. The standard InChI is InChI=1S/C17H19N3O3/c1-3-22-13-8-7-11(10-14(13)23-4-2)15-19-16-12(17(21)20-15)6-5-9-18-16/h5-10,15H,3-4H2,1-2H3,(H,18,19)(H,20,21)/t15-/m1/s1. The first-order valence-corrected chi connectivity index (χ1v) is 7.65. The number of rotatable bonds is 5. The SMILES string of the molecule is CCOc1ccc([C@H]2NC(=O)c3cccnc3N2)cc1OCC. The van der Waals surface area contributed by atoms with Gasteiger partial charge in [-0.05, 0) is 43.7 Å². The Morgan fingerprint density at radius 2 is 1.87 bits per heavy atom. The lowest BCUT2D eigenvalue weighted by Crippen LogP contribution is -2.38. The van der Waals surface area contributed by atoms with E-state index in [-0.39, 0.29) is 12.1 Å². The van der Waals surface area contributed by atoms with Crippen molar-refractivity contribution in [3.8, 4) is 11.5 Å². The number of pyridine rings is 1. The number of aromatic nitrogens is 1. The van der Waals surface area contributed by atoms with Crippen LogP contribution in [0.2, 0.25) is 0 Å². The van der Waals surface area contributed by atoms with Gasteiger partial charge in [0.15, 0.2) is 11.5 Å². The molecule has 0 radical (unpaired) electrons. The summed E-state index contributed by atoms with van der Waals surface area (Å²) in [7, 11) is 0. The van der Waals surface area contributed by atoms with Crippen LogP contribution in [0.1, 0.15) is 35.9 Å². The quantitative estimate of drug-likeness (QED) is 0.888. The summed E-state index contributed by atoms with van der Waals surface area (Å²) in [5.74, 6) is 1.78. The van der Waals surface area contributed by atoms with Crippen molar-refractivity contribution in [1.82, 2.24) is 10.3 Å². The Labute approximate surface area is 134 Å². The Hall–Kier alpha value is -2.76. The minimum atomic E-state index is -0.361. The summed E-state index contributed by atoms with van der Waals surface area (Å²) in [5.41, 5.74) is 1.42. The molecule has 0 saturated heterocycles. The molecule has 1 atom stereocenters. The second-order valence-corrected chi connectivity index (χ2v) is 5.02. The van der Waals surface area contributed by atoms with Crippen LogP contribution in [0.25, 0.3) is 0 Å². The molecule has 120 valence electrons. The van der Waals surface area contributed by atoms with Crippen molar-refractivity contribution >= 4 is 11.7 Å². The smallest absolute Gasteiger partial charge is 0.256 e. The molecule has 0 saturated carbocycles. The zero-order chi connectivity index (χ0) is 16.2. The van der Waals surface area contributed by atoms with E-state index in [0.717, 1.165) is 5.56 Å². The van der Waals surface area contributed by atoms with Crippen molar-refractivity contribution in [2.75, 3.05) is 18.5 Å². The Kier molecular flexibility index (Phi) is 4.32. The molecule has 6 heteroatoms. The second-order valence-electron chi connectivity index (χ2n) is 5.02. The van der Waals surface area contributed by atoms with E-state index >= 15 is 0 Å². The van der Waals surface area contributed by atoms with E-state index in [2.05, 4.69) is 15.6 Å². The fourth-order valence-corrected chi connectivity index (χ4v) is 2.50. The molecule has 2 N–H and O–H groups in total. The summed E-state index contributed by atoms with van der Waals surface area (Å²) >= 11 is 0. The average Bonchev–Trinajstić information content (AvgIpc) is 2.57. The predicted octanol–water partition coefficient (Wildman–Crippen LogP) is 2.73. The molecule has 1 aliphatic heterocycles. The van der Waals surface area contributed by atoms with E-state index in [0.29, 0.717) is 36.1 Å². The highest BCUT2D eigenvalue weighted by Crippen LogP contribution is 2.32. The topological polar surface area (TPSA) is 72.5 Å².